The largest absolute Gasteiger partial charge is 0.506 e. The Kier molecular flexibility index (Phi) is 1.73. The number of hydrogen-bond donors (Lipinski definition) is 2. The van der Waals surface area contributed by atoms with Gasteiger partial charge in [0.05, 0.1) is 5.52 Å². The quantitative estimate of drug-likeness (QED) is 0.684. The minimum atomic E-state index is -0.495. The fourth-order valence-electron chi connectivity index (χ4n) is 2.21. The van der Waals surface area contributed by atoms with Crippen molar-refractivity contribution in [3.63, 3.8) is 0 Å². The first-order valence-electron chi connectivity index (χ1n) is 5.13. The van der Waals surface area contributed by atoms with Crippen molar-refractivity contribution in [2.24, 2.45) is 0 Å². The molecule has 1 unspecified atom stereocenters. The number of rotatable bonds is 0. The SMILES string of the molecule is Oc1cccc2c1nc1n2CCCC1O. The van der Waals surface area contributed by atoms with E-state index in [2.05, 4.69) is 4.98 Å². The summed E-state index contributed by atoms with van der Waals surface area (Å²) in [4.78, 5) is 4.30. The lowest BCUT2D eigenvalue weighted by Gasteiger charge is -2.19. The molecule has 1 aromatic heterocycles. The number of nitrogens with zero attached hydrogens (tertiary/aromatic N) is 2. The molecule has 1 atom stereocenters. The van der Waals surface area contributed by atoms with Crippen molar-refractivity contribution in [2.45, 2.75) is 25.5 Å². The van der Waals surface area contributed by atoms with Crippen LogP contribution in [0, 0.1) is 0 Å². The maximum Gasteiger partial charge on any atom is 0.143 e. The van der Waals surface area contributed by atoms with Crippen molar-refractivity contribution < 1.29 is 10.2 Å². The van der Waals surface area contributed by atoms with Gasteiger partial charge in [-0.3, -0.25) is 0 Å². The zero-order valence-corrected chi connectivity index (χ0v) is 8.22. The highest BCUT2D eigenvalue weighted by atomic mass is 16.3. The molecule has 0 fully saturated rings. The molecule has 2 heterocycles. The van der Waals surface area contributed by atoms with E-state index in [1.807, 2.05) is 10.6 Å². The number of para-hydroxylation sites is 1. The van der Waals surface area contributed by atoms with Gasteiger partial charge < -0.3 is 14.8 Å². The molecule has 0 spiro atoms. The van der Waals surface area contributed by atoms with Crippen molar-refractivity contribution in [1.29, 1.82) is 0 Å². The molecule has 1 aromatic carbocycles. The molecular formula is C11H12N2O2. The van der Waals surface area contributed by atoms with Crippen LogP contribution in [0.15, 0.2) is 18.2 Å². The number of aromatic nitrogens is 2. The Bertz CT molecular complexity index is 519. The van der Waals surface area contributed by atoms with E-state index in [0.717, 1.165) is 24.9 Å². The number of phenols is 1. The van der Waals surface area contributed by atoms with Crippen LogP contribution in [0.4, 0.5) is 0 Å². The maximum absolute atomic E-state index is 9.79. The van der Waals surface area contributed by atoms with E-state index < -0.39 is 6.10 Å². The summed E-state index contributed by atoms with van der Waals surface area (Å²) in [6.45, 7) is 0.867. The normalized spacial score (nSPS) is 20.5. The first-order chi connectivity index (χ1) is 7.27. The Morgan fingerprint density at radius 3 is 3.13 bits per heavy atom. The predicted octanol–water partition coefficient (Wildman–Crippen LogP) is 1.57. The first kappa shape index (κ1) is 8.73. The molecule has 15 heavy (non-hydrogen) atoms. The van der Waals surface area contributed by atoms with Gasteiger partial charge in [-0.15, -0.1) is 0 Å². The summed E-state index contributed by atoms with van der Waals surface area (Å²) in [7, 11) is 0. The molecule has 0 saturated heterocycles. The second-order valence-corrected chi connectivity index (χ2v) is 3.92. The molecule has 78 valence electrons. The van der Waals surface area contributed by atoms with Crippen molar-refractivity contribution in [3.8, 4) is 5.75 Å². The Hall–Kier alpha value is -1.55. The summed E-state index contributed by atoms with van der Waals surface area (Å²) in [5.74, 6) is 0.861. The molecule has 0 bridgehead atoms. The lowest BCUT2D eigenvalue weighted by molar-refractivity contribution is 0.135. The monoisotopic (exact) mass is 204 g/mol. The predicted molar refractivity (Wildman–Crippen MR) is 55.6 cm³/mol. The Labute approximate surface area is 86.8 Å². The summed E-state index contributed by atoms with van der Waals surface area (Å²) in [5, 5.41) is 19.4. The van der Waals surface area contributed by atoms with Gasteiger partial charge in [0.15, 0.2) is 0 Å². The molecular weight excluding hydrogens is 192 g/mol. The summed E-state index contributed by atoms with van der Waals surface area (Å²) in [6, 6.07) is 5.34. The molecule has 2 N–H and O–H groups in total. The highest BCUT2D eigenvalue weighted by Gasteiger charge is 2.22. The minimum absolute atomic E-state index is 0.182. The van der Waals surface area contributed by atoms with Crippen molar-refractivity contribution >= 4 is 11.0 Å². The second-order valence-electron chi connectivity index (χ2n) is 3.92. The zero-order chi connectivity index (χ0) is 10.4. The van der Waals surface area contributed by atoms with Gasteiger partial charge in [-0.1, -0.05) is 6.07 Å². The topological polar surface area (TPSA) is 58.3 Å². The van der Waals surface area contributed by atoms with Gasteiger partial charge in [0.2, 0.25) is 0 Å². The molecule has 1 aliphatic rings. The van der Waals surface area contributed by atoms with E-state index >= 15 is 0 Å². The molecule has 4 heteroatoms. The molecule has 4 nitrogen and oxygen atoms in total. The highest BCUT2D eigenvalue weighted by molar-refractivity contribution is 5.82. The molecule has 1 aliphatic heterocycles. The zero-order valence-electron chi connectivity index (χ0n) is 8.22. The standard InChI is InChI=1S/C11H12N2O2/c14-8-4-1-3-7-10(8)12-11-9(15)5-2-6-13(7)11/h1,3-4,9,14-15H,2,5-6H2. The Balaban J connectivity index is 2.35. The van der Waals surface area contributed by atoms with Crippen LogP contribution in [-0.4, -0.2) is 19.8 Å². The Morgan fingerprint density at radius 2 is 2.27 bits per heavy atom. The number of benzene rings is 1. The third-order valence-corrected chi connectivity index (χ3v) is 2.94. The summed E-state index contributed by atoms with van der Waals surface area (Å²) < 4.78 is 1.99. The molecule has 0 saturated carbocycles. The molecule has 0 aliphatic carbocycles. The summed E-state index contributed by atoms with van der Waals surface area (Å²) in [6.07, 6.45) is 1.21. The van der Waals surface area contributed by atoms with Crippen LogP contribution < -0.4 is 0 Å². The molecule has 3 rings (SSSR count). The van der Waals surface area contributed by atoms with Gasteiger partial charge in [0.25, 0.3) is 0 Å². The van der Waals surface area contributed by atoms with Gasteiger partial charge in [-0.05, 0) is 25.0 Å². The van der Waals surface area contributed by atoms with Crippen LogP contribution in [0.3, 0.4) is 0 Å². The number of imidazole rings is 1. The third kappa shape index (κ3) is 1.15. The van der Waals surface area contributed by atoms with Crippen molar-refractivity contribution in [3.05, 3.63) is 24.0 Å². The van der Waals surface area contributed by atoms with Crippen molar-refractivity contribution in [1.82, 2.24) is 9.55 Å². The van der Waals surface area contributed by atoms with E-state index in [0.29, 0.717) is 11.3 Å². The number of phenolic OH excluding ortho intramolecular Hbond substituents is 1. The molecule has 2 aromatic rings. The summed E-state index contributed by atoms with van der Waals surface area (Å²) in [5.41, 5.74) is 1.50. The van der Waals surface area contributed by atoms with E-state index in [1.54, 1.807) is 12.1 Å². The van der Waals surface area contributed by atoms with Gasteiger partial charge in [0, 0.05) is 6.54 Å². The lowest BCUT2D eigenvalue weighted by atomic mass is 10.1. The number of aromatic hydroxyl groups is 1. The van der Waals surface area contributed by atoms with E-state index in [-0.39, 0.29) is 5.75 Å². The van der Waals surface area contributed by atoms with Crippen LogP contribution in [0.1, 0.15) is 24.8 Å². The number of aliphatic hydroxyl groups is 1. The second kappa shape index (κ2) is 2.97. The van der Waals surface area contributed by atoms with Crippen LogP contribution in [0.2, 0.25) is 0 Å². The van der Waals surface area contributed by atoms with Gasteiger partial charge in [-0.25, -0.2) is 4.98 Å². The fraction of sp³-hybridized carbons (Fsp3) is 0.364. The number of fused-ring (bicyclic) bond motifs is 3. The highest BCUT2D eigenvalue weighted by Crippen LogP contribution is 2.31. The van der Waals surface area contributed by atoms with Crippen LogP contribution in [-0.2, 0) is 6.54 Å². The van der Waals surface area contributed by atoms with Gasteiger partial charge in [-0.2, -0.15) is 0 Å². The van der Waals surface area contributed by atoms with Crippen LogP contribution >= 0.6 is 0 Å². The lowest BCUT2D eigenvalue weighted by Crippen LogP contribution is -2.15. The van der Waals surface area contributed by atoms with E-state index in [4.69, 9.17) is 0 Å². The van der Waals surface area contributed by atoms with Crippen LogP contribution in [0.5, 0.6) is 5.75 Å². The smallest absolute Gasteiger partial charge is 0.143 e. The van der Waals surface area contributed by atoms with E-state index in [1.165, 1.54) is 0 Å². The van der Waals surface area contributed by atoms with Crippen molar-refractivity contribution in [2.75, 3.05) is 0 Å². The first-order valence-corrected chi connectivity index (χ1v) is 5.13. The fourth-order valence-corrected chi connectivity index (χ4v) is 2.21. The Morgan fingerprint density at radius 1 is 1.40 bits per heavy atom. The minimum Gasteiger partial charge on any atom is -0.506 e. The average molecular weight is 204 g/mol. The van der Waals surface area contributed by atoms with Gasteiger partial charge >= 0.3 is 0 Å². The third-order valence-electron chi connectivity index (χ3n) is 2.94. The summed E-state index contributed by atoms with van der Waals surface area (Å²) >= 11 is 0. The number of hydrogen-bond acceptors (Lipinski definition) is 3. The number of aryl methyl sites for hydroxylation is 1. The van der Waals surface area contributed by atoms with Gasteiger partial charge in [0.1, 0.15) is 23.2 Å². The molecule has 0 radical (unpaired) electrons. The average Bonchev–Trinajstić information content (AvgIpc) is 2.60. The van der Waals surface area contributed by atoms with Crippen LogP contribution in [0.25, 0.3) is 11.0 Å². The molecule has 0 amide bonds. The number of aliphatic hydroxyl groups excluding tert-OH is 1. The maximum atomic E-state index is 9.79. The van der Waals surface area contributed by atoms with E-state index in [9.17, 15) is 10.2 Å².